The van der Waals surface area contributed by atoms with E-state index < -0.39 is 10.7 Å². The average molecular weight is 194 g/mol. The zero-order valence-corrected chi connectivity index (χ0v) is 7.21. The molecule has 0 fully saturated rings. The molecule has 0 unspecified atom stereocenters. The van der Waals surface area contributed by atoms with Crippen molar-refractivity contribution in [2.75, 3.05) is 5.73 Å². The fourth-order valence-electron chi connectivity index (χ4n) is 1.11. The van der Waals surface area contributed by atoms with Gasteiger partial charge in [-0.1, -0.05) is 0 Å². The first-order chi connectivity index (χ1) is 6.59. The van der Waals surface area contributed by atoms with E-state index in [1.165, 1.54) is 4.52 Å². The molecule has 0 saturated heterocycles. The number of hydrogen-bond acceptors (Lipinski definition) is 6. The van der Waals surface area contributed by atoms with Crippen LogP contribution in [0.15, 0.2) is 6.07 Å². The zero-order valence-electron chi connectivity index (χ0n) is 7.21. The lowest BCUT2D eigenvalue weighted by Gasteiger charge is -1.96. The predicted molar refractivity (Wildman–Crippen MR) is 46.6 cm³/mol. The number of aryl methyl sites for hydroxylation is 1. The van der Waals surface area contributed by atoms with Crippen LogP contribution in [0.1, 0.15) is 5.69 Å². The highest BCUT2D eigenvalue weighted by Crippen LogP contribution is 2.17. The summed E-state index contributed by atoms with van der Waals surface area (Å²) >= 11 is 0. The summed E-state index contributed by atoms with van der Waals surface area (Å²) in [6, 6.07) is 1.63. The van der Waals surface area contributed by atoms with Crippen molar-refractivity contribution in [3.63, 3.8) is 0 Å². The summed E-state index contributed by atoms with van der Waals surface area (Å²) in [5.41, 5.74) is 6.56. The van der Waals surface area contributed by atoms with E-state index >= 15 is 0 Å². The number of nitrogen functional groups attached to an aromatic ring is 1. The van der Waals surface area contributed by atoms with Crippen LogP contribution in [0.3, 0.4) is 0 Å². The maximum atomic E-state index is 10.5. The Morgan fingerprint density at radius 2 is 2.29 bits per heavy atom. The van der Waals surface area contributed by atoms with Crippen molar-refractivity contribution < 1.29 is 4.92 Å². The van der Waals surface area contributed by atoms with Crippen LogP contribution in [0.4, 0.5) is 11.6 Å². The molecule has 72 valence electrons. The Morgan fingerprint density at radius 1 is 1.57 bits per heavy atom. The van der Waals surface area contributed by atoms with Crippen molar-refractivity contribution in [1.29, 1.82) is 0 Å². The second kappa shape index (κ2) is 2.62. The SMILES string of the molecule is Cc1cc2nnc([N+](=O)[O-])c(N)n2n1. The van der Waals surface area contributed by atoms with Gasteiger partial charge in [0.1, 0.15) is 0 Å². The van der Waals surface area contributed by atoms with Crippen LogP contribution in [-0.4, -0.2) is 24.7 Å². The van der Waals surface area contributed by atoms with Crippen LogP contribution < -0.4 is 5.73 Å². The van der Waals surface area contributed by atoms with Gasteiger partial charge in [0.2, 0.25) is 11.5 Å². The van der Waals surface area contributed by atoms with E-state index in [1.807, 2.05) is 0 Å². The quantitative estimate of drug-likeness (QED) is 0.502. The average Bonchev–Trinajstić information content (AvgIpc) is 2.46. The van der Waals surface area contributed by atoms with E-state index in [1.54, 1.807) is 13.0 Å². The first-order valence-electron chi connectivity index (χ1n) is 3.72. The molecule has 0 saturated carbocycles. The smallest absolute Gasteiger partial charge is 0.376 e. The van der Waals surface area contributed by atoms with Gasteiger partial charge >= 0.3 is 5.82 Å². The third-order valence-electron chi connectivity index (χ3n) is 1.69. The van der Waals surface area contributed by atoms with Crippen molar-refractivity contribution in [3.8, 4) is 0 Å². The maximum absolute atomic E-state index is 10.5. The van der Waals surface area contributed by atoms with E-state index in [4.69, 9.17) is 5.73 Å². The van der Waals surface area contributed by atoms with Gasteiger partial charge in [-0.3, -0.25) is 0 Å². The normalized spacial score (nSPS) is 10.6. The molecule has 0 radical (unpaired) electrons. The Hall–Kier alpha value is -2.25. The number of fused-ring (bicyclic) bond motifs is 1. The molecular weight excluding hydrogens is 188 g/mol. The fourth-order valence-corrected chi connectivity index (χ4v) is 1.11. The van der Waals surface area contributed by atoms with Gasteiger partial charge in [-0.25, -0.2) is 0 Å². The van der Waals surface area contributed by atoms with Crippen molar-refractivity contribution in [3.05, 3.63) is 21.9 Å². The molecule has 2 N–H and O–H groups in total. The van der Waals surface area contributed by atoms with Gasteiger partial charge in [-0.15, -0.1) is 0 Å². The minimum absolute atomic E-state index is 0.117. The van der Waals surface area contributed by atoms with Gasteiger partial charge in [-0.05, 0) is 16.9 Å². The summed E-state index contributed by atoms with van der Waals surface area (Å²) in [6.45, 7) is 1.74. The molecule has 0 aliphatic rings. The van der Waals surface area contributed by atoms with E-state index in [-0.39, 0.29) is 5.82 Å². The van der Waals surface area contributed by atoms with Crippen molar-refractivity contribution in [2.45, 2.75) is 6.92 Å². The molecule has 8 heteroatoms. The monoisotopic (exact) mass is 194 g/mol. The molecule has 8 nitrogen and oxygen atoms in total. The first-order valence-corrected chi connectivity index (χ1v) is 3.72. The molecule has 0 spiro atoms. The highest BCUT2D eigenvalue weighted by atomic mass is 16.6. The van der Waals surface area contributed by atoms with Crippen molar-refractivity contribution in [1.82, 2.24) is 19.8 Å². The standard InChI is InChI=1S/C6H6N6O2/c1-3-2-4-8-9-6(12(13)14)5(7)11(4)10-3/h2H,7H2,1H3. The summed E-state index contributed by atoms with van der Waals surface area (Å²) in [7, 11) is 0. The lowest BCUT2D eigenvalue weighted by Crippen LogP contribution is -2.07. The number of nitrogens with two attached hydrogens (primary N) is 1. The van der Waals surface area contributed by atoms with E-state index in [9.17, 15) is 10.1 Å². The predicted octanol–water partition coefficient (Wildman–Crippen LogP) is -0.0769. The van der Waals surface area contributed by atoms with Crippen LogP contribution in [0, 0.1) is 17.0 Å². The molecule has 0 aliphatic heterocycles. The lowest BCUT2D eigenvalue weighted by atomic mass is 10.5. The number of hydrogen-bond donors (Lipinski definition) is 1. The largest absolute Gasteiger partial charge is 0.433 e. The lowest BCUT2D eigenvalue weighted by molar-refractivity contribution is -0.389. The van der Waals surface area contributed by atoms with Gasteiger partial charge < -0.3 is 15.8 Å². The molecule has 0 atom stereocenters. The van der Waals surface area contributed by atoms with Gasteiger partial charge in [0.05, 0.1) is 10.8 Å². The Labute approximate surface area is 77.5 Å². The van der Waals surface area contributed by atoms with Gasteiger partial charge in [0, 0.05) is 6.07 Å². The highest BCUT2D eigenvalue weighted by Gasteiger charge is 2.19. The number of aromatic nitrogens is 4. The molecule has 0 aromatic carbocycles. The first kappa shape index (κ1) is 8.35. The number of anilines is 1. The second-order valence-electron chi connectivity index (χ2n) is 2.72. The Balaban J connectivity index is 2.80. The van der Waals surface area contributed by atoms with Gasteiger partial charge in [0.15, 0.2) is 0 Å². The summed E-state index contributed by atoms with van der Waals surface area (Å²) in [5.74, 6) is -0.603. The second-order valence-corrected chi connectivity index (χ2v) is 2.72. The van der Waals surface area contributed by atoms with Crippen LogP contribution in [0.5, 0.6) is 0 Å². The van der Waals surface area contributed by atoms with Crippen LogP contribution >= 0.6 is 0 Å². The summed E-state index contributed by atoms with van der Waals surface area (Å²) in [6.07, 6.45) is 0. The van der Waals surface area contributed by atoms with Crippen LogP contribution in [0.2, 0.25) is 0 Å². The molecule has 2 aromatic rings. The zero-order chi connectivity index (χ0) is 10.3. The highest BCUT2D eigenvalue weighted by molar-refractivity contribution is 5.53. The molecule has 2 aromatic heterocycles. The Morgan fingerprint density at radius 3 is 2.93 bits per heavy atom. The topological polar surface area (TPSA) is 112 Å². The molecule has 14 heavy (non-hydrogen) atoms. The maximum Gasteiger partial charge on any atom is 0.433 e. The van der Waals surface area contributed by atoms with Crippen molar-refractivity contribution >= 4 is 17.3 Å². The van der Waals surface area contributed by atoms with Gasteiger partial charge in [0.25, 0.3) is 0 Å². The molecule has 0 aliphatic carbocycles. The number of nitrogens with zero attached hydrogens (tertiary/aromatic N) is 5. The van der Waals surface area contributed by atoms with E-state index in [0.717, 1.165) is 0 Å². The van der Waals surface area contributed by atoms with E-state index in [0.29, 0.717) is 11.3 Å². The number of rotatable bonds is 1. The minimum atomic E-state index is -0.696. The Kier molecular flexibility index (Phi) is 1.56. The fraction of sp³-hybridized carbons (Fsp3) is 0.167. The molecular formula is C6H6N6O2. The molecule has 2 heterocycles. The minimum Gasteiger partial charge on any atom is -0.376 e. The molecule has 0 amide bonds. The van der Waals surface area contributed by atoms with Crippen molar-refractivity contribution in [2.24, 2.45) is 0 Å². The van der Waals surface area contributed by atoms with Crippen LogP contribution in [0.25, 0.3) is 5.65 Å². The summed E-state index contributed by atoms with van der Waals surface area (Å²) in [4.78, 5) is 9.76. The summed E-state index contributed by atoms with van der Waals surface area (Å²) in [5, 5.41) is 21.4. The third kappa shape index (κ3) is 1.04. The Bertz CT molecular complexity index is 518. The van der Waals surface area contributed by atoms with E-state index in [2.05, 4.69) is 15.3 Å². The van der Waals surface area contributed by atoms with Gasteiger partial charge in [-0.2, -0.15) is 9.61 Å². The third-order valence-corrected chi connectivity index (χ3v) is 1.69. The molecule has 2 rings (SSSR count). The van der Waals surface area contributed by atoms with Crippen LogP contribution in [-0.2, 0) is 0 Å². The molecule has 0 bridgehead atoms. The number of nitro groups is 1. The summed E-state index contributed by atoms with van der Waals surface area (Å²) < 4.78 is 1.19.